The zero-order valence-electron chi connectivity index (χ0n) is 13.9. The molecule has 2 aromatic rings. The molecule has 0 atom stereocenters. The topological polar surface area (TPSA) is 42.0 Å². The molecule has 0 saturated heterocycles. The van der Waals surface area contributed by atoms with E-state index in [2.05, 4.69) is 40.6 Å². The van der Waals surface area contributed by atoms with Crippen LogP contribution in [0.1, 0.15) is 43.2 Å². The molecule has 3 rings (SSSR count). The van der Waals surface area contributed by atoms with Gasteiger partial charge in [0, 0.05) is 30.4 Å². The first-order valence-corrected chi connectivity index (χ1v) is 8.70. The summed E-state index contributed by atoms with van der Waals surface area (Å²) in [7, 11) is 0. The number of nitrogens with zero attached hydrogens (tertiary/aromatic N) is 1. The molecule has 0 radical (unpaired) electrons. The van der Waals surface area contributed by atoms with Crippen molar-refractivity contribution in [2.75, 3.05) is 6.54 Å². The van der Waals surface area contributed by atoms with E-state index in [1.807, 2.05) is 12.1 Å². The van der Waals surface area contributed by atoms with Gasteiger partial charge in [0.15, 0.2) is 0 Å². The monoisotopic (exact) mass is 320 g/mol. The molecule has 1 saturated carbocycles. The first-order valence-electron chi connectivity index (χ1n) is 8.70. The van der Waals surface area contributed by atoms with E-state index < -0.39 is 0 Å². The second kappa shape index (κ2) is 7.91. The molecule has 1 aliphatic rings. The summed E-state index contributed by atoms with van der Waals surface area (Å²) in [6.45, 7) is 0.702. The minimum Gasteiger partial charge on any atom is -0.352 e. The van der Waals surface area contributed by atoms with E-state index in [9.17, 15) is 4.79 Å². The van der Waals surface area contributed by atoms with Gasteiger partial charge in [0.25, 0.3) is 0 Å². The Morgan fingerprint density at radius 1 is 1.08 bits per heavy atom. The Labute approximate surface area is 143 Å². The van der Waals surface area contributed by atoms with E-state index in [0.717, 1.165) is 18.4 Å². The molecule has 24 heavy (non-hydrogen) atoms. The third-order valence-electron chi connectivity index (χ3n) is 4.91. The van der Waals surface area contributed by atoms with Crippen LogP contribution < -0.4 is 5.32 Å². The second-order valence-electron chi connectivity index (χ2n) is 6.54. The van der Waals surface area contributed by atoms with Gasteiger partial charge in [-0.05, 0) is 36.1 Å². The lowest BCUT2D eigenvalue weighted by atomic mass is 9.69. The van der Waals surface area contributed by atoms with Crippen LogP contribution in [0.15, 0.2) is 60.9 Å². The predicted octanol–water partition coefficient (Wildman–Crippen LogP) is 4.11. The van der Waals surface area contributed by atoms with Gasteiger partial charge in [-0.15, -0.1) is 0 Å². The lowest BCUT2D eigenvalue weighted by molar-refractivity contribution is -0.116. The lowest BCUT2D eigenvalue weighted by Crippen LogP contribution is -2.41. The van der Waals surface area contributed by atoms with Crippen molar-refractivity contribution in [1.82, 2.24) is 10.3 Å². The summed E-state index contributed by atoms with van der Waals surface area (Å²) in [5, 5.41) is 3.12. The van der Waals surface area contributed by atoms with Crippen LogP contribution in [0.25, 0.3) is 6.08 Å². The van der Waals surface area contributed by atoms with E-state index in [0.29, 0.717) is 6.54 Å². The largest absolute Gasteiger partial charge is 0.352 e. The van der Waals surface area contributed by atoms with Gasteiger partial charge in [0.2, 0.25) is 5.91 Å². The lowest BCUT2D eigenvalue weighted by Gasteiger charge is -2.38. The highest BCUT2D eigenvalue weighted by atomic mass is 16.1. The molecule has 1 amide bonds. The Balaban J connectivity index is 1.66. The molecule has 1 N–H and O–H groups in total. The Kier molecular flexibility index (Phi) is 5.42. The number of hydrogen-bond acceptors (Lipinski definition) is 2. The highest BCUT2D eigenvalue weighted by Gasteiger charge is 2.33. The van der Waals surface area contributed by atoms with E-state index in [-0.39, 0.29) is 11.3 Å². The van der Waals surface area contributed by atoms with Gasteiger partial charge in [-0.3, -0.25) is 9.78 Å². The number of nitrogens with one attached hydrogen (secondary N) is 1. The highest BCUT2D eigenvalue weighted by molar-refractivity contribution is 5.91. The van der Waals surface area contributed by atoms with E-state index in [1.165, 1.54) is 24.8 Å². The minimum atomic E-state index is -0.0419. The Morgan fingerprint density at radius 2 is 1.88 bits per heavy atom. The van der Waals surface area contributed by atoms with Crippen molar-refractivity contribution < 1.29 is 4.79 Å². The van der Waals surface area contributed by atoms with Crippen molar-refractivity contribution in [3.05, 3.63) is 72.1 Å². The highest BCUT2D eigenvalue weighted by Crippen LogP contribution is 2.38. The number of carbonyl (C=O) groups excluding carboxylic acids is 1. The number of carbonyl (C=O) groups is 1. The fourth-order valence-corrected chi connectivity index (χ4v) is 3.55. The van der Waals surface area contributed by atoms with Gasteiger partial charge < -0.3 is 5.32 Å². The summed E-state index contributed by atoms with van der Waals surface area (Å²) in [4.78, 5) is 16.3. The number of benzene rings is 1. The number of aromatic nitrogens is 1. The van der Waals surface area contributed by atoms with Crippen molar-refractivity contribution in [1.29, 1.82) is 0 Å². The fraction of sp³-hybridized carbons (Fsp3) is 0.333. The summed E-state index contributed by atoms with van der Waals surface area (Å²) in [6, 6.07) is 14.4. The van der Waals surface area contributed by atoms with Gasteiger partial charge in [0.05, 0.1) is 0 Å². The summed E-state index contributed by atoms with van der Waals surface area (Å²) in [5.74, 6) is -0.0419. The van der Waals surface area contributed by atoms with E-state index in [1.54, 1.807) is 24.5 Å². The summed E-state index contributed by atoms with van der Waals surface area (Å²) in [5.41, 5.74) is 2.36. The minimum absolute atomic E-state index is 0.0419. The molecule has 1 aromatic carbocycles. The van der Waals surface area contributed by atoms with Gasteiger partial charge in [-0.1, -0.05) is 55.7 Å². The van der Waals surface area contributed by atoms with Crippen LogP contribution in [0.4, 0.5) is 0 Å². The number of rotatable bonds is 5. The molecule has 0 unspecified atom stereocenters. The summed E-state index contributed by atoms with van der Waals surface area (Å²) >= 11 is 0. The van der Waals surface area contributed by atoms with Gasteiger partial charge in [0.1, 0.15) is 0 Å². The Hall–Kier alpha value is -2.42. The standard InChI is InChI=1S/C21H24N2O/c24-20(12-11-18-8-7-15-22-16-18)23-17-21(13-5-2-6-14-21)19-9-3-1-4-10-19/h1,3-4,7-12,15-16H,2,5-6,13-14,17H2,(H,23,24). The van der Waals surface area contributed by atoms with Crippen molar-refractivity contribution in [3.8, 4) is 0 Å². The van der Waals surface area contributed by atoms with E-state index in [4.69, 9.17) is 0 Å². The van der Waals surface area contributed by atoms with Crippen molar-refractivity contribution in [2.45, 2.75) is 37.5 Å². The molecule has 1 fully saturated rings. The Bertz CT molecular complexity index is 673. The quantitative estimate of drug-likeness (QED) is 0.842. The molecule has 124 valence electrons. The summed E-state index contributed by atoms with van der Waals surface area (Å²) < 4.78 is 0. The number of hydrogen-bond donors (Lipinski definition) is 1. The van der Waals surface area contributed by atoms with Crippen LogP contribution in [0.5, 0.6) is 0 Å². The fourth-order valence-electron chi connectivity index (χ4n) is 3.55. The van der Waals surface area contributed by atoms with Crippen LogP contribution in [0, 0.1) is 0 Å². The molecule has 1 aromatic heterocycles. The molecule has 1 heterocycles. The van der Waals surface area contributed by atoms with Crippen LogP contribution in [-0.4, -0.2) is 17.4 Å². The molecule has 1 aliphatic carbocycles. The predicted molar refractivity (Wildman–Crippen MR) is 97.5 cm³/mol. The zero-order chi connectivity index (χ0) is 16.7. The molecule has 0 aliphatic heterocycles. The van der Waals surface area contributed by atoms with Crippen LogP contribution >= 0.6 is 0 Å². The number of amides is 1. The van der Waals surface area contributed by atoms with E-state index >= 15 is 0 Å². The van der Waals surface area contributed by atoms with Crippen LogP contribution in [0.2, 0.25) is 0 Å². The molecular weight excluding hydrogens is 296 g/mol. The van der Waals surface area contributed by atoms with Gasteiger partial charge >= 0.3 is 0 Å². The van der Waals surface area contributed by atoms with Crippen molar-refractivity contribution in [2.24, 2.45) is 0 Å². The normalized spacial score (nSPS) is 16.8. The van der Waals surface area contributed by atoms with Crippen molar-refractivity contribution >= 4 is 12.0 Å². The maximum atomic E-state index is 12.2. The smallest absolute Gasteiger partial charge is 0.244 e. The SMILES string of the molecule is O=C(C=Cc1cccnc1)NCC1(c2ccccc2)CCCCC1. The molecule has 3 heteroatoms. The molecule has 0 spiro atoms. The third-order valence-corrected chi connectivity index (χ3v) is 4.91. The zero-order valence-corrected chi connectivity index (χ0v) is 13.9. The first kappa shape index (κ1) is 16.4. The molecule has 3 nitrogen and oxygen atoms in total. The maximum Gasteiger partial charge on any atom is 0.244 e. The average Bonchev–Trinajstić information content (AvgIpc) is 2.67. The van der Waals surface area contributed by atoms with Crippen molar-refractivity contribution in [3.63, 3.8) is 0 Å². The van der Waals surface area contributed by atoms with Gasteiger partial charge in [-0.2, -0.15) is 0 Å². The average molecular weight is 320 g/mol. The molecular formula is C21H24N2O. The van der Waals surface area contributed by atoms with Crippen LogP contribution in [-0.2, 0) is 10.2 Å². The van der Waals surface area contributed by atoms with Gasteiger partial charge in [-0.25, -0.2) is 0 Å². The van der Waals surface area contributed by atoms with Crippen LogP contribution in [0.3, 0.4) is 0 Å². The third kappa shape index (κ3) is 4.10. The number of pyridine rings is 1. The maximum absolute atomic E-state index is 12.2. The summed E-state index contributed by atoms with van der Waals surface area (Å²) in [6.07, 6.45) is 12.9. The Morgan fingerprint density at radius 3 is 2.58 bits per heavy atom. The first-order chi connectivity index (χ1) is 11.8. The second-order valence-corrected chi connectivity index (χ2v) is 6.54. The molecule has 0 bridgehead atoms.